The molecule has 0 fully saturated rings. The molecule has 0 aromatic heterocycles. The highest BCUT2D eigenvalue weighted by atomic mass is 15.1. The topological polar surface area (TPSA) is 15.3 Å². The maximum atomic E-state index is 3.63. The molecule has 1 unspecified atom stereocenters. The van der Waals surface area contributed by atoms with Crippen LogP contribution in [0.25, 0.3) is 0 Å². The summed E-state index contributed by atoms with van der Waals surface area (Å²) in [5.41, 5.74) is 2.87. The quantitative estimate of drug-likeness (QED) is 0.731. The highest BCUT2D eigenvalue weighted by Gasteiger charge is 2.11. The van der Waals surface area contributed by atoms with Gasteiger partial charge < -0.3 is 10.2 Å². The summed E-state index contributed by atoms with van der Waals surface area (Å²) in [4.78, 5) is 2.49. The molecule has 0 radical (unpaired) electrons. The molecule has 0 amide bonds. The van der Waals surface area contributed by atoms with E-state index in [4.69, 9.17) is 0 Å². The molecule has 0 bridgehead atoms. The minimum Gasteiger partial charge on any atom is -0.310 e. The number of benzene rings is 1. The van der Waals surface area contributed by atoms with Crippen LogP contribution in [0.4, 0.5) is 0 Å². The molecule has 1 rings (SSSR count). The van der Waals surface area contributed by atoms with Gasteiger partial charge >= 0.3 is 0 Å². The maximum Gasteiger partial charge on any atom is 0.0332 e. The molecule has 0 aliphatic heterocycles. The van der Waals surface area contributed by atoms with Crippen molar-refractivity contribution in [2.45, 2.75) is 46.6 Å². The largest absolute Gasteiger partial charge is 0.310 e. The normalized spacial score (nSPS) is 12.9. The molecule has 0 saturated carbocycles. The van der Waals surface area contributed by atoms with E-state index in [1.165, 1.54) is 24.1 Å². The Labute approximate surface area is 119 Å². The molecule has 0 saturated heterocycles. The van der Waals surface area contributed by atoms with Crippen molar-refractivity contribution in [1.82, 2.24) is 10.2 Å². The number of nitrogens with one attached hydrogen (secondary N) is 1. The van der Waals surface area contributed by atoms with Gasteiger partial charge in [0.05, 0.1) is 0 Å². The van der Waals surface area contributed by atoms with Gasteiger partial charge in [0.25, 0.3) is 0 Å². The van der Waals surface area contributed by atoms with Gasteiger partial charge in [-0.15, -0.1) is 0 Å². The Bertz CT molecular complexity index is 345. The first kappa shape index (κ1) is 16.2. The van der Waals surface area contributed by atoms with Crippen LogP contribution in [0, 0.1) is 0 Å². The van der Waals surface area contributed by atoms with Crippen LogP contribution in [0.15, 0.2) is 24.3 Å². The third kappa shape index (κ3) is 5.33. The van der Waals surface area contributed by atoms with E-state index in [9.17, 15) is 0 Å². The SMILES string of the molecule is CCNC(CCN(CC)CC)c1cccc(CC)c1. The third-order valence-electron chi connectivity index (χ3n) is 3.84. The van der Waals surface area contributed by atoms with Gasteiger partial charge in [0.2, 0.25) is 0 Å². The lowest BCUT2D eigenvalue weighted by Gasteiger charge is -2.24. The highest BCUT2D eigenvalue weighted by molar-refractivity contribution is 5.26. The molecule has 2 nitrogen and oxygen atoms in total. The second-order valence-corrected chi connectivity index (χ2v) is 5.02. The molecular formula is C17H30N2. The van der Waals surface area contributed by atoms with E-state index in [0.717, 1.165) is 26.1 Å². The zero-order valence-corrected chi connectivity index (χ0v) is 13.1. The fourth-order valence-electron chi connectivity index (χ4n) is 2.51. The summed E-state index contributed by atoms with van der Waals surface area (Å²) in [5.74, 6) is 0. The van der Waals surface area contributed by atoms with Crippen molar-refractivity contribution in [2.24, 2.45) is 0 Å². The maximum absolute atomic E-state index is 3.63. The van der Waals surface area contributed by atoms with Crippen LogP contribution >= 0.6 is 0 Å². The van der Waals surface area contributed by atoms with Crippen molar-refractivity contribution in [2.75, 3.05) is 26.2 Å². The van der Waals surface area contributed by atoms with Crippen molar-refractivity contribution >= 4 is 0 Å². The predicted octanol–water partition coefficient (Wildman–Crippen LogP) is 3.63. The van der Waals surface area contributed by atoms with E-state index in [1.807, 2.05) is 0 Å². The van der Waals surface area contributed by atoms with Gasteiger partial charge in [-0.3, -0.25) is 0 Å². The third-order valence-corrected chi connectivity index (χ3v) is 3.84. The number of hydrogen-bond donors (Lipinski definition) is 1. The van der Waals surface area contributed by atoms with Gasteiger partial charge in [0.1, 0.15) is 0 Å². The van der Waals surface area contributed by atoms with Gasteiger partial charge in [-0.05, 0) is 50.1 Å². The molecule has 1 aromatic carbocycles. The first-order valence-electron chi connectivity index (χ1n) is 7.79. The van der Waals surface area contributed by atoms with Crippen molar-refractivity contribution in [1.29, 1.82) is 0 Å². The molecule has 19 heavy (non-hydrogen) atoms. The Morgan fingerprint density at radius 1 is 1.11 bits per heavy atom. The fourth-order valence-corrected chi connectivity index (χ4v) is 2.51. The van der Waals surface area contributed by atoms with Crippen molar-refractivity contribution in [3.63, 3.8) is 0 Å². The first-order valence-corrected chi connectivity index (χ1v) is 7.79. The van der Waals surface area contributed by atoms with E-state index < -0.39 is 0 Å². The zero-order valence-electron chi connectivity index (χ0n) is 13.1. The van der Waals surface area contributed by atoms with E-state index in [2.05, 4.69) is 62.2 Å². The van der Waals surface area contributed by atoms with Gasteiger partial charge in [-0.1, -0.05) is 52.0 Å². The number of rotatable bonds is 9. The summed E-state index contributed by atoms with van der Waals surface area (Å²) in [6.45, 7) is 13.4. The minimum atomic E-state index is 0.483. The molecular weight excluding hydrogens is 232 g/mol. The molecule has 0 aliphatic carbocycles. The Balaban J connectivity index is 2.69. The Hall–Kier alpha value is -0.860. The second-order valence-electron chi connectivity index (χ2n) is 5.02. The summed E-state index contributed by atoms with van der Waals surface area (Å²) >= 11 is 0. The Morgan fingerprint density at radius 3 is 2.42 bits per heavy atom. The predicted molar refractivity (Wildman–Crippen MR) is 84.6 cm³/mol. The minimum absolute atomic E-state index is 0.483. The summed E-state index contributed by atoms with van der Waals surface area (Å²) < 4.78 is 0. The smallest absolute Gasteiger partial charge is 0.0332 e. The van der Waals surface area contributed by atoms with Crippen LogP contribution in [0.1, 0.15) is 51.3 Å². The van der Waals surface area contributed by atoms with E-state index in [1.54, 1.807) is 0 Å². The zero-order chi connectivity index (χ0) is 14.1. The summed E-state index contributed by atoms with van der Waals surface area (Å²) in [7, 11) is 0. The molecule has 1 N–H and O–H groups in total. The lowest BCUT2D eigenvalue weighted by Crippen LogP contribution is -2.29. The van der Waals surface area contributed by atoms with Gasteiger partial charge in [0.15, 0.2) is 0 Å². The van der Waals surface area contributed by atoms with E-state index in [-0.39, 0.29) is 0 Å². The molecule has 1 atom stereocenters. The molecule has 2 heteroatoms. The van der Waals surface area contributed by atoms with Crippen LogP contribution < -0.4 is 5.32 Å². The summed E-state index contributed by atoms with van der Waals surface area (Å²) in [6, 6.07) is 9.51. The second kappa shape index (κ2) is 9.11. The van der Waals surface area contributed by atoms with Crippen LogP contribution in [0.3, 0.4) is 0 Å². The number of hydrogen-bond acceptors (Lipinski definition) is 2. The molecule has 0 spiro atoms. The average Bonchev–Trinajstić information content (AvgIpc) is 2.47. The monoisotopic (exact) mass is 262 g/mol. The van der Waals surface area contributed by atoms with E-state index in [0.29, 0.717) is 6.04 Å². The Morgan fingerprint density at radius 2 is 1.84 bits per heavy atom. The van der Waals surface area contributed by atoms with Crippen molar-refractivity contribution in [3.8, 4) is 0 Å². The van der Waals surface area contributed by atoms with Gasteiger partial charge in [-0.2, -0.15) is 0 Å². The molecule has 108 valence electrons. The molecule has 1 aromatic rings. The average molecular weight is 262 g/mol. The standard InChI is InChI=1S/C17H30N2/c1-5-15-10-9-11-16(14-15)17(18-6-2)12-13-19(7-3)8-4/h9-11,14,17-18H,5-8,12-13H2,1-4H3. The highest BCUT2D eigenvalue weighted by Crippen LogP contribution is 2.19. The van der Waals surface area contributed by atoms with Crippen LogP contribution in [0.2, 0.25) is 0 Å². The number of aryl methyl sites for hydroxylation is 1. The summed E-state index contributed by atoms with van der Waals surface area (Å²) in [6.07, 6.45) is 2.30. The van der Waals surface area contributed by atoms with Gasteiger partial charge in [-0.25, -0.2) is 0 Å². The lowest BCUT2D eigenvalue weighted by molar-refractivity contribution is 0.282. The fraction of sp³-hybridized carbons (Fsp3) is 0.647. The molecule has 0 aliphatic rings. The van der Waals surface area contributed by atoms with Gasteiger partial charge in [0, 0.05) is 6.04 Å². The van der Waals surface area contributed by atoms with Crippen LogP contribution in [-0.4, -0.2) is 31.1 Å². The van der Waals surface area contributed by atoms with Crippen LogP contribution in [-0.2, 0) is 6.42 Å². The lowest BCUT2D eigenvalue weighted by atomic mass is 10.00. The first-order chi connectivity index (χ1) is 9.24. The number of nitrogens with zero attached hydrogens (tertiary/aromatic N) is 1. The van der Waals surface area contributed by atoms with Crippen LogP contribution in [0.5, 0.6) is 0 Å². The molecule has 0 heterocycles. The Kier molecular flexibility index (Phi) is 7.76. The van der Waals surface area contributed by atoms with Crippen molar-refractivity contribution < 1.29 is 0 Å². The van der Waals surface area contributed by atoms with Crippen molar-refractivity contribution in [3.05, 3.63) is 35.4 Å². The van der Waals surface area contributed by atoms with E-state index >= 15 is 0 Å². The summed E-state index contributed by atoms with van der Waals surface area (Å²) in [5, 5.41) is 3.63.